The lowest BCUT2D eigenvalue weighted by Gasteiger charge is -2.11. The van der Waals surface area contributed by atoms with Gasteiger partial charge >= 0.3 is 0 Å². The summed E-state index contributed by atoms with van der Waals surface area (Å²) in [6, 6.07) is 27.1. The predicted octanol–water partition coefficient (Wildman–Crippen LogP) is 6.44. The van der Waals surface area contributed by atoms with Crippen molar-refractivity contribution in [3.63, 3.8) is 0 Å². The first-order valence-electron chi connectivity index (χ1n) is 10.4. The second kappa shape index (κ2) is 9.71. The molecule has 2 N–H and O–H groups in total. The number of fused-ring (bicyclic) bond motifs is 1. The van der Waals surface area contributed by atoms with Gasteiger partial charge in [0.05, 0.1) is 5.75 Å². The summed E-state index contributed by atoms with van der Waals surface area (Å²) in [6.07, 6.45) is 0. The number of benzene rings is 4. The molecule has 0 aliphatic heterocycles. The minimum absolute atomic E-state index is 0.0574. The van der Waals surface area contributed by atoms with Gasteiger partial charge in [0, 0.05) is 21.8 Å². The van der Waals surface area contributed by atoms with E-state index in [4.69, 9.17) is 0 Å². The van der Waals surface area contributed by atoms with Gasteiger partial charge in [0.2, 0.25) is 5.91 Å². The van der Waals surface area contributed by atoms with E-state index in [0.29, 0.717) is 11.3 Å². The maximum atomic E-state index is 12.7. The molecule has 4 aromatic rings. The Labute approximate surface area is 192 Å². The van der Waals surface area contributed by atoms with Crippen molar-refractivity contribution >= 4 is 45.7 Å². The summed E-state index contributed by atoms with van der Waals surface area (Å²) < 4.78 is 0. The van der Waals surface area contributed by atoms with E-state index in [2.05, 4.69) is 10.6 Å². The van der Waals surface area contributed by atoms with Gasteiger partial charge in [0.25, 0.3) is 5.91 Å². The standard InChI is InChI=1S/C27H24N2O2S/c1-18-7-5-8-19(2)26(18)29-25(30)17-32-24-12-6-11-23(16-24)28-27(31)22-14-13-20-9-3-4-10-21(20)15-22/h3-16H,17H2,1-2H3,(H,28,31)(H,29,30). The van der Waals surface area contributed by atoms with Gasteiger partial charge in [-0.1, -0.05) is 54.6 Å². The SMILES string of the molecule is Cc1cccc(C)c1NC(=O)CSc1cccc(NC(=O)c2ccc3ccccc3c2)c1. The Balaban J connectivity index is 1.38. The van der Waals surface area contributed by atoms with Gasteiger partial charge in [-0.25, -0.2) is 0 Å². The number of rotatable bonds is 6. The fourth-order valence-corrected chi connectivity index (χ4v) is 4.29. The van der Waals surface area contributed by atoms with E-state index in [9.17, 15) is 9.59 Å². The van der Waals surface area contributed by atoms with E-state index in [1.165, 1.54) is 11.8 Å². The van der Waals surface area contributed by atoms with Crippen LogP contribution in [0.15, 0.2) is 89.8 Å². The van der Waals surface area contributed by atoms with Crippen LogP contribution in [0.4, 0.5) is 11.4 Å². The first-order chi connectivity index (χ1) is 15.5. The van der Waals surface area contributed by atoms with Crippen molar-refractivity contribution in [1.82, 2.24) is 0 Å². The summed E-state index contributed by atoms with van der Waals surface area (Å²) in [7, 11) is 0. The van der Waals surface area contributed by atoms with Crippen LogP contribution in [0.5, 0.6) is 0 Å². The number of amides is 2. The average molecular weight is 441 g/mol. The molecule has 0 radical (unpaired) electrons. The Kier molecular flexibility index (Phi) is 6.57. The van der Waals surface area contributed by atoms with E-state index < -0.39 is 0 Å². The van der Waals surface area contributed by atoms with Crippen molar-refractivity contribution in [2.45, 2.75) is 18.7 Å². The molecule has 0 atom stereocenters. The molecular formula is C27H24N2O2S. The van der Waals surface area contributed by atoms with Crippen LogP contribution in [0.3, 0.4) is 0 Å². The molecule has 160 valence electrons. The Morgan fingerprint density at radius 1 is 0.750 bits per heavy atom. The lowest BCUT2D eigenvalue weighted by Crippen LogP contribution is -2.15. The summed E-state index contributed by atoms with van der Waals surface area (Å²) in [5.41, 5.74) is 4.26. The molecule has 0 heterocycles. The van der Waals surface area contributed by atoms with Gasteiger partial charge < -0.3 is 10.6 Å². The first-order valence-corrected chi connectivity index (χ1v) is 11.4. The maximum absolute atomic E-state index is 12.7. The second-order valence-electron chi connectivity index (χ2n) is 7.65. The zero-order valence-corrected chi connectivity index (χ0v) is 18.8. The summed E-state index contributed by atoms with van der Waals surface area (Å²) in [4.78, 5) is 26.1. The molecule has 0 saturated heterocycles. The van der Waals surface area contributed by atoms with Crippen molar-refractivity contribution < 1.29 is 9.59 Å². The van der Waals surface area contributed by atoms with E-state index in [1.807, 2.05) is 98.8 Å². The number of para-hydroxylation sites is 1. The molecule has 0 fully saturated rings. The number of nitrogens with one attached hydrogen (secondary N) is 2. The average Bonchev–Trinajstić information content (AvgIpc) is 2.80. The molecule has 32 heavy (non-hydrogen) atoms. The number of hydrogen-bond donors (Lipinski definition) is 2. The lowest BCUT2D eigenvalue weighted by molar-refractivity contribution is -0.113. The van der Waals surface area contributed by atoms with Crippen molar-refractivity contribution in [1.29, 1.82) is 0 Å². The summed E-state index contributed by atoms with van der Waals surface area (Å²) in [6.45, 7) is 3.97. The van der Waals surface area contributed by atoms with Gasteiger partial charge in [-0.05, 0) is 66.1 Å². The summed E-state index contributed by atoms with van der Waals surface area (Å²) >= 11 is 1.44. The molecule has 4 rings (SSSR count). The van der Waals surface area contributed by atoms with Gasteiger partial charge in [-0.2, -0.15) is 0 Å². The minimum Gasteiger partial charge on any atom is -0.325 e. The van der Waals surface area contributed by atoms with Gasteiger partial charge in [-0.3, -0.25) is 9.59 Å². The van der Waals surface area contributed by atoms with E-state index in [-0.39, 0.29) is 17.6 Å². The maximum Gasteiger partial charge on any atom is 0.255 e. The van der Waals surface area contributed by atoms with Crippen LogP contribution < -0.4 is 10.6 Å². The van der Waals surface area contributed by atoms with Crippen molar-refractivity contribution in [3.05, 3.63) is 102 Å². The van der Waals surface area contributed by atoms with Gasteiger partial charge in [-0.15, -0.1) is 11.8 Å². The highest BCUT2D eigenvalue weighted by atomic mass is 32.2. The molecule has 4 nitrogen and oxygen atoms in total. The molecule has 5 heteroatoms. The molecule has 4 aromatic carbocycles. The minimum atomic E-state index is -0.161. The quantitative estimate of drug-likeness (QED) is 0.339. The van der Waals surface area contributed by atoms with E-state index >= 15 is 0 Å². The molecule has 0 aliphatic carbocycles. The Bertz CT molecular complexity index is 1280. The largest absolute Gasteiger partial charge is 0.325 e. The monoisotopic (exact) mass is 440 g/mol. The zero-order chi connectivity index (χ0) is 22.5. The summed E-state index contributed by atoms with van der Waals surface area (Å²) in [5, 5.41) is 8.08. The Morgan fingerprint density at radius 2 is 1.47 bits per heavy atom. The number of carbonyl (C=O) groups excluding carboxylic acids is 2. The molecule has 0 aromatic heterocycles. The van der Waals surface area contributed by atoms with Crippen LogP contribution in [0.1, 0.15) is 21.5 Å². The van der Waals surface area contributed by atoms with Crippen LogP contribution in [-0.4, -0.2) is 17.6 Å². The number of thioether (sulfide) groups is 1. The Hall–Kier alpha value is -3.57. The van der Waals surface area contributed by atoms with Crippen LogP contribution in [0.2, 0.25) is 0 Å². The van der Waals surface area contributed by atoms with Gasteiger partial charge in [0.15, 0.2) is 0 Å². The molecule has 0 aliphatic rings. The molecule has 0 bridgehead atoms. The van der Waals surface area contributed by atoms with E-state index in [0.717, 1.165) is 32.5 Å². The highest BCUT2D eigenvalue weighted by Crippen LogP contribution is 2.24. The van der Waals surface area contributed by atoms with Crippen molar-refractivity contribution in [2.75, 3.05) is 16.4 Å². The fraction of sp³-hybridized carbons (Fsp3) is 0.111. The van der Waals surface area contributed by atoms with Gasteiger partial charge in [0.1, 0.15) is 0 Å². The topological polar surface area (TPSA) is 58.2 Å². The van der Waals surface area contributed by atoms with Crippen molar-refractivity contribution in [2.24, 2.45) is 0 Å². The fourth-order valence-electron chi connectivity index (χ4n) is 3.53. The molecular weight excluding hydrogens is 416 g/mol. The molecule has 2 amide bonds. The second-order valence-corrected chi connectivity index (χ2v) is 8.70. The molecule has 0 saturated carbocycles. The lowest BCUT2D eigenvalue weighted by atomic mass is 10.1. The van der Waals surface area contributed by atoms with Crippen LogP contribution in [-0.2, 0) is 4.79 Å². The third-order valence-electron chi connectivity index (χ3n) is 5.22. The third-order valence-corrected chi connectivity index (χ3v) is 6.21. The zero-order valence-electron chi connectivity index (χ0n) is 18.0. The highest BCUT2D eigenvalue weighted by Gasteiger charge is 2.10. The first kappa shape index (κ1) is 21.7. The molecule has 0 spiro atoms. The summed E-state index contributed by atoms with van der Waals surface area (Å²) in [5.74, 6) is 0.0687. The third kappa shape index (κ3) is 5.18. The predicted molar refractivity (Wildman–Crippen MR) is 134 cm³/mol. The molecule has 0 unspecified atom stereocenters. The van der Waals surface area contributed by atoms with Crippen LogP contribution in [0.25, 0.3) is 10.8 Å². The van der Waals surface area contributed by atoms with Crippen LogP contribution in [0, 0.1) is 13.8 Å². The normalized spacial score (nSPS) is 10.7. The van der Waals surface area contributed by atoms with Crippen molar-refractivity contribution in [3.8, 4) is 0 Å². The number of aryl methyl sites for hydroxylation is 2. The smallest absolute Gasteiger partial charge is 0.255 e. The number of anilines is 2. The van der Waals surface area contributed by atoms with Crippen LogP contribution >= 0.6 is 11.8 Å². The number of hydrogen-bond acceptors (Lipinski definition) is 3. The Morgan fingerprint density at radius 3 is 2.25 bits per heavy atom. The van der Waals surface area contributed by atoms with E-state index in [1.54, 1.807) is 0 Å². The highest BCUT2D eigenvalue weighted by molar-refractivity contribution is 8.00. The number of carbonyl (C=O) groups is 2.